The number of nitrogens with one attached hydrogen (secondary N) is 1. The molecule has 0 aromatic rings. The van der Waals surface area contributed by atoms with E-state index >= 15 is 0 Å². The Morgan fingerprint density at radius 1 is 0.917 bits per heavy atom. The predicted octanol–water partition coefficient (Wildman–Crippen LogP) is 1.49. The minimum atomic E-state index is -3.39. The van der Waals surface area contributed by atoms with Crippen LogP contribution in [0.5, 0.6) is 0 Å². The van der Waals surface area contributed by atoms with Crippen LogP contribution in [0, 0.1) is 0 Å². The Bertz CT molecular complexity index is 1060. The zero-order valence-corrected chi connectivity index (χ0v) is 13.9. The summed E-state index contributed by atoms with van der Waals surface area (Å²) in [5.41, 5.74) is 31.8. The van der Waals surface area contributed by atoms with Gasteiger partial charge in [0.1, 0.15) is 0 Å². The van der Waals surface area contributed by atoms with Crippen LogP contribution in [0.2, 0.25) is 0 Å². The van der Waals surface area contributed by atoms with E-state index in [2.05, 4.69) is 85.8 Å². The van der Waals surface area contributed by atoms with Crippen LogP contribution < -0.4 is 4.72 Å². The fourth-order valence-electron chi connectivity index (χ4n) is 1.04. The van der Waals surface area contributed by atoms with E-state index < -0.39 is 22.2 Å². The van der Waals surface area contributed by atoms with Gasteiger partial charge in [0.2, 0.25) is 10.0 Å². The highest BCUT2D eigenvalue weighted by Crippen LogP contribution is 1.95. The molecule has 0 amide bonds. The first-order valence-corrected chi connectivity index (χ1v) is 8.27. The number of rotatable bonds is 4. The SMILES string of the molecule is C=C=C=C=C=C=C=C=C=C=C=C=C=C=C[C@H](O)[C@H](C)NS(C)(=O)=O. The number of hydrogen-bond donors (Lipinski definition) is 2. The molecular weight excluding hydrogens is 322 g/mol. The molecule has 2 atom stereocenters. The van der Waals surface area contributed by atoms with Crippen molar-refractivity contribution in [3.05, 3.63) is 87.2 Å². The van der Waals surface area contributed by atoms with Crippen LogP contribution >= 0.6 is 0 Å². The third-order valence-corrected chi connectivity index (χ3v) is 2.75. The lowest BCUT2D eigenvalue weighted by Crippen LogP contribution is -2.39. The van der Waals surface area contributed by atoms with Crippen LogP contribution in [0.4, 0.5) is 0 Å². The van der Waals surface area contributed by atoms with Gasteiger partial charge in [0.25, 0.3) is 0 Å². The van der Waals surface area contributed by atoms with Gasteiger partial charge in [-0.15, -0.1) is 0 Å². The second-order valence-electron chi connectivity index (χ2n) is 4.03. The molecular formula is C19H13NO3S. The van der Waals surface area contributed by atoms with Crippen LogP contribution in [-0.4, -0.2) is 31.9 Å². The summed E-state index contributed by atoms with van der Waals surface area (Å²) < 4.78 is 24.2. The van der Waals surface area contributed by atoms with E-state index in [1.165, 1.54) is 13.0 Å². The van der Waals surface area contributed by atoms with Gasteiger partial charge in [0.15, 0.2) is 0 Å². The summed E-state index contributed by atoms with van der Waals surface area (Å²) in [6.45, 7) is 4.80. The Morgan fingerprint density at radius 3 is 1.75 bits per heavy atom. The average Bonchev–Trinajstić information content (AvgIpc) is 2.50. The first-order valence-electron chi connectivity index (χ1n) is 6.38. The Kier molecular flexibility index (Phi) is 10.6. The zero-order chi connectivity index (χ0) is 18.3. The first-order chi connectivity index (χ1) is 11.4. The van der Waals surface area contributed by atoms with Crippen LogP contribution in [0.1, 0.15) is 6.92 Å². The van der Waals surface area contributed by atoms with E-state index in [4.69, 9.17) is 0 Å². The fourth-order valence-corrected chi connectivity index (χ4v) is 1.86. The molecule has 0 rings (SSSR count). The summed E-state index contributed by atoms with van der Waals surface area (Å²) >= 11 is 0. The number of hydrogen-bond acceptors (Lipinski definition) is 3. The van der Waals surface area contributed by atoms with Crippen molar-refractivity contribution in [2.75, 3.05) is 6.26 Å². The van der Waals surface area contributed by atoms with Crippen LogP contribution in [0.3, 0.4) is 0 Å². The van der Waals surface area contributed by atoms with Crippen molar-refractivity contribution >= 4 is 10.0 Å². The molecule has 0 saturated carbocycles. The molecule has 0 bridgehead atoms. The standard InChI is InChI=1S/C19H13NO3S/c1-4-5-6-7-8-9-10-11-12-13-14-15-16-17-19(21)18(2)20-24(3,22)23/h17-21H,1H2,2-3H3/t18-,19-/m0/s1. The largest absolute Gasteiger partial charge is 0.387 e. The maximum Gasteiger partial charge on any atom is 0.209 e. The molecule has 0 unspecified atom stereocenters. The molecule has 2 N–H and O–H groups in total. The molecule has 0 spiro atoms. The molecule has 0 aromatic carbocycles. The van der Waals surface area contributed by atoms with Crippen molar-refractivity contribution < 1.29 is 13.5 Å². The van der Waals surface area contributed by atoms with E-state index in [-0.39, 0.29) is 0 Å². The first kappa shape index (κ1) is 20.8. The van der Waals surface area contributed by atoms with Crippen molar-refractivity contribution in [3.8, 4) is 0 Å². The highest BCUT2D eigenvalue weighted by molar-refractivity contribution is 7.88. The molecule has 24 heavy (non-hydrogen) atoms. The summed E-state index contributed by atoms with van der Waals surface area (Å²) in [6, 6.07) is -0.688. The van der Waals surface area contributed by atoms with Gasteiger partial charge < -0.3 is 5.11 Å². The van der Waals surface area contributed by atoms with Crippen molar-refractivity contribution in [2.45, 2.75) is 19.1 Å². The van der Waals surface area contributed by atoms with Gasteiger partial charge in [0.05, 0.1) is 12.4 Å². The molecule has 0 fully saturated rings. The molecule has 0 radical (unpaired) electrons. The van der Waals surface area contributed by atoms with Crippen LogP contribution in [0.25, 0.3) is 0 Å². The summed E-state index contributed by atoms with van der Waals surface area (Å²) in [6.07, 6.45) is 1.20. The Labute approximate surface area is 141 Å². The second kappa shape index (κ2) is 12.3. The topological polar surface area (TPSA) is 66.4 Å². The number of aliphatic hydroxyl groups is 1. The second-order valence-corrected chi connectivity index (χ2v) is 5.81. The Balaban J connectivity index is 5.35. The van der Waals surface area contributed by atoms with E-state index in [1.807, 2.05) is 0 Å². The highest BCUT2D eigenvalue weighted by Gasteiger charge is 2.14. The van der Waals surface area contributed by atoms with Crippen molar-refractivity contribution in [2.24, 2.45) is 0 Å². The summed E-state index contributed by atoms with van der Waals surface area (Å²) in [5.74, 6) is 0. The highest BCUT2D eigenvalue weighted by atomic mass is 32.2. The lowest BCUT2D eigenvalue weighted by Gasteiger charge is -2.14. The molecule has 0 aliphatic carbocycles. The van der Waals surface area contributed by atoms with Gasteiger partial charge in [-0.2, -0.15) is 0 Å². The molecule has 0 aliphatic rings. The van der Waals surface area contributed by atoms with Crippen molar-refractivity contribution in [1.29, 1.82) is 0 Å². The lowest BCUT2D eigenvalue weighted by atomic mass is 10.2. The molecule has 4 nitrogen and oxygen atoms in total. The van der Waals surface area contributed by atoms with Gasteiger partial charge in [0, 0.05) is 6.04 Å². The Morgan fingerprint density at radius 2 is 1.33 bits per heavy atom. The van der Waals surface area contributed by atoms with Gasteiger partial charge >= 0.3 is 0 Å². The van der Waals surface area contributed by atoms with Gasteiger partial charge in [-0.3, -0.25) is 0 Å². The van der Waals surface area contributed by atoms with E-state index in [0.717, 1.165) is 6.26 Å². The van der Waals surface area contributed by atoms with Gasteiger partial charge in [-0.1, -0.05) is 11.5 Å². The minimum absolute atomic E-state index is 0.688. The molecule has 118 valence electrons. The number of sulfonamides is 1. The van der Waals surface area contributed by atoms with E-state index in [0.29, 0.717) is 0 Å². The van der Waals surface area contributed by atoms with Gasteiger partial charge in [-0.05, 0) is 82.6 Å². The average molecular weight is 335 g/mol. The maximum absolute atomic E-state index is 11.0. The third kappa shape index (κ3) is 13.7. The fraction of sp³-hybridized carbons (Fsp3) is 0.211. The molecule has 0 aliphatic heterocycles. The monoisotopic (exact) mass is 335 g/mol. The summed E-state index contributed by atoms with van der Waals surface area (Å²) in [5, 5.41) is 9.65. The van der Waals surface area contributed by atoms with Crippen molar-refractivity contribution in [3.63, 3.8) is 0 Å². The molecule has 0 aromatic heterocycles. The zero-order valence-electron chi connectivity index (χ0n) is 13.1. The predicted molar refractivity (Wildman–Crippen MR) is 89.3 cm³/mol. The van der Waals surface area contributed by atoms with Crippen molar-refractivity contribution in [1.82, 2.24) is 4.72 Å². The number of aliphatic hydroxyl groups excluding tert-OH is 1. The smallest absolute Gasteiger partial charge is 0.209 e. The minimum Gasteiger partial charge on any atom is -0.387 e. The normalized spacial score (nSPS) is 10.1. The lowest BCUT2D eigenvalue weighted by molar-refractivity contribution is 0.191. The molecule has 5 heteroatoms. The Hall–Kier alpha value is -3.25. The maximum atomic E-state index is 11.0. The van der Waals surface area contributed by atoms with Crippen LogP contribution in [-0.2, 0) is 10.0 Å². The molecule has 0 saturated heterocycles. The van der Waals surface area contributed by atoms with E-state index in [9.17, 15) is 13.5 Å². The molecule has 0 heterocycles. The third-order valence-electron chi connectivity index (χ3n) is 1.95. The summed E-state index contributed by atoms with van der Waals surface area (Å²) in [7, 11) is -3.39. The van der Waals surface area contributed by atoms with Crippen LogP contribution in [0.15, 0.2) is 87.2 Å². The summed E-state index contributed by atoms with van der Waals surface area (Å²) in [4.78, 5) is 0. The van der Waals surface area contributed by atoms with Gasteiger partial charge in [-0.25, -0.2) is 13.1 Å². The van der Waals surface area contributed by atoms with E-state index in [1.54, 1.807) is 0 Å². The quantitative estimate of drug-likeness (QED) is 0.765.